The second kappa shape index (κ2) is 10.0. The monoisotopic (exact) mass is 492 g/mol. The summed E-state index contributed by atoms with van der Waals surface area (Å²) in [6, 6.07) is 8.14. The summed E-state index contributed by atoms with van der Waals surface area (Å²) in [5.74, 6) is 0.428. The highest BCUT2D eigenvalue weighted by atomic mass is 35.5. The smallest absolute Gasteiger partial charge is 0.289 e. The second-order valence-electron chi connectivity index (χ2n) is 7.35. The van der Waals surface area contributed by atoms with Crippen molar-refractivity contribution in [1.29, 1.82) is 0 Å². The molecule has 1 fully saturated rings. The van der Waals surface area contributed by atoms with Gasteiger partial charge < -0.3 is 18.8 Å². The fourth-order valence-corrected chi connectivity index (χ4v) is 4.48. The van der Waals surface area contributed by atoms with E-state index in [1.807, 2.05) is 16.5 Å². The number of nitrogens with zero attached hydrogens (tertiary/aromatic N) is 4. The third-order valence-corrected chi connectivity index (χ3v) is 6.86. The van der Waals surface area contributed by atoms with E-state index in [9.17, 15) is 9.59 Å². The van der Waals surface area contributed by atoms with Crippen LogP contribution in [0.4, 0.5) is 0 Å². The first kappa shape index (κ1) is 22.8. The number of benzene rings is 1. The molecule has 0 atom stereocenters. The highest BCUT2D eigenvalue weighted by molar-refractivity contribution is 7.07. The summed E-state index contributed by atoms with van der Waals surface area (Å²) in [5.41, 5.74) is 0.355. The molecule has 7 nitrogen and oxygen atoms in total. The molecule has 1 aliphatic heterocycles. The van der Waals surface area contributed by atoms with Gasteiger partial charge in [0, 0.05) is 43.3 Å². The van der Waals surface area contributed by atoms with Crippen LogP contribution < -0.4 is 4.80 Å². The number of halogens is 2. The molecular weight excluding hydrogens is 471 g/mol. The number of rotatable bonds is 5. The maximum atomic E-state index is 12.8. The van der Waals surface area contributed by atoms with Gasteiger partial charge in [0.15, 0.2) is 10.6 Å². The van der Waals surface area contributed by atoms with E-state index in [-0.39, 0.29) is 5.91 Å². The van der Waals surface area contributed by atoms with Gasteiger partial charge in [0.05, 0.1) is 16.6 Å². The Bertz CT molecular complexity index is 1190. The number of likely N-dealkylation sites (N-methyl/N-ethyl adjacent to an activating group) is 1. The molecule has 0 N–H and O–H groups in total. The van der Waals surface area contributed by atoms with Crippen LogP contribution in [0.2, 0.25) is 10.0 Å². The first-order valence-corrected chi connectivity index (χ1v) is 11.9. The number of piperazine rings is 1. The van der Waals surface area contributed by atoms with Crippen molar-refractivity contribution in [3.8, 4) is 0 Å². The fourth-order valence-electron chi connectivity index (χ4n) is 3.46. The van der Waals surface area contributed by atoms with Gasteiger partial charge in [-0.3, -0.25) is 9.59 Å². The van der Waals surface area contributed by atoms with E-state index in [1.54, 1.807) is 28.8 Å². The van der Waals surface area contributed by atoms with Crippen LogP contribution in [-0.4, -0.2) is 58.9 Å². The number of thiazole rings is 1. The van der Waals surface area contributed by atoms with E-state index in [1.165, 1.54) is 17.4 Å². The summed E-state index contributed by atoms with van der Waals surface area (Å²) in [5, 5.41) is 2.52. The molecule has 32 heavy (non-hydrogen) atoms. The zero-order valence-electron chi connectivity index (χ0n) is 17.5. The molecule has 3 heterocycles. The van der Waals surface area contributed by atoms with Crippen molar-refractivity contribution in [3.63, 3.8) is 0 Å². The lowest BCUT2D eigenvalue weighted by atomic mass is 10.2. The molecule has 0 radical (unpaired) electrons. The molecule has 0 unspecified atom stereocenters. The highest BCUT2D eigenvalue weighted by Crippen LogP contribution is 2.23. The summed E-state index contributed by atoms with van der Waals surface area (Å²) in [6.45, 7) is 6.61. The van der Waals surface area contributed by atoms with Gasteiger partial charge in [0.1, 0.15) is 5.76 Å². The zero-order valence-corrected chi connectivity index (χ0v) is 19.8. The number of hydrogen-bond acceptors (Lipinski definition) is 5. The summed E-state index contributed by atoms with van der Waals surface area (Å²) in [7, 11) is 0. The number of hydrogen-bond donors (Lipinski definition) is 0. The van der Waals surface area contributed by atoms with Gasteiger partial charge in [0.2, 0.25) is 0 Å². The predicted molar refractivity (Wildman–Crippen MR) is 124 cm³/mol. The number of carbonyl (C=O) groups is 2. The van der Waals surface area contributed by atoms with Crippen LogP contribution >= 0.6 is 34.5 Å². The van der Waals surface area contributed by atoms with E-state index in [0.717, 1.165) is 19.6 Å². The highest BCUT2D eigenvalue weighted by Gasteiger charge is 2.23. The van der Waals surface area contributed by atoms with Crippen molar-refractivity contribution in [2.24, 2.45) is 4.99 Å². The number of aromatic nitrogens is 1. The lowest BCUT2D eigenvalue weighted by Crippen LogP contribution is -2.48. The van der Waals surface area contributed by atoms with Crippen molar-refractivity contribution in [2.45, 2.75) is 13.5 Å². The van der Waals surface area contributed by atoms with Gasteiger partial charge in [-0.05, 0) is 36.9 Å². The Morgan fingerprint density at radius 3 is 2.59 bits per heavy atom. The van der Waals surface area contributed by atoms with Gasteiger partial charge in [0.25, 0.3) is 11.8 Å². The lowest BCUT2D eigenvalue weighted by Gasteiger charge is -2.33. The van der Waals surface area contributed by atoms with Crippen LogP contribution in [0.1, 0.15) is 33.6 Å². The Labute approximate surface area is 199 Å². The van der Waals surface area contributed by atoms with Crippen LogP contribution in [0.25, 0.3) is 0 Å². The van der Waals surface area contributed by atoms with Crippen LogP contribution in [-0.2, 0) is 6.54 Å². The summed E-state index contributed by atoms with van der Waals surface area (Å²) >= 11 is 13.2. The predicted octanol–water partition coefficient (Wildman–Crippen LogP) is 4.02. The topological polar surface area (TPSA) is 71.1 Å². The molecule has 0 aliphatic carbocycles. The Morgan fingerprint density at radius 1 is 1.09 bits per heavy atom. The fraction of sp³-hybridized carbons (Fsp3) is 0.318. The van der Waals surface area contributed by atoms with Crippen molar-refractivity contribution in [3.05, 3.63) is 73.8 Å². The summed E-state index contributed by atoms with van der Waals surface area (Å²) in [6.07, 6.45) is 1.82. The average Bonchev–Trinajstić information content (AvgIpc) is 3.45. The second-order valence-corrected chi connectivity index (χ2v) is 9.04. The molecular formula is C22H22Cl2N4O3S. The van der Waals surface area contributed by atoms with Gasteiger partial charge in [-0.15, -0.1) is 11.3 Å². The van der Waals surface area contributed by atoms with E-state index in [4.69, 9.17) is 27.6 Å². The molecule has 1 aliphatic rings. The molecule has 10 heteroatoms. The Morgan fingerprint density at radius 2 is 1.88 bits per heavy atom. The maximum absolute atomic E-state index is 12.8. The molecule has 0 saturated carbocycles. The molecule has 2 amide bonds. The van der Waals surface area contributed by atoms with Gasteiger partial charge in [-0.1, -0.05) is 30.1 Å². The van der Waals surface area contributed by atoms with Crippen molar-refractivity contribution < 1.29 is 14.0 Å². The average molecular weight is 493 g/mol. The van der Waals surface area contributed by atoms with Crippen LogP contribution in [0.3, 0.4) is 0 Å². The Hall–Kier alpha value is -2.39. The van der Waals surface area contributed by atoms with E-state index >= 15 is 0 Å². The third-order valence-electron chi connectivity index (χ3n) is 5.33. The first-order chi connectivity index (χ1) is 15.4. The molecule has 3 aromatic rings. The van der Waals surface area contributed by atoms with Gasteiger partial charge in [-0.2, -0.15) is 4.99 Å². The number of furan rings is 1. The number of carbonyl (C=O) groups excluding carboxylic acids is 2. The van der Waals surface area contributed by atoms with Crippen LogP contribution in [0.5, 0.6) is 0 Å². The largest absolute Gasteiger partial charge is 0.454 e. The molecule has 168 valence electrons. The molecule has 1 aromatic carbocycles. The summed E-state index contributed by atoms with van der Waals surface area (Å²) < 4.78 is 7.62. The maximum Gasteiger partial charge on any atom is 0.289 e. The lowest BCUT2D eigenvalue weighted by molar-refractivity contribution is 0.0610. The third kappa shape index (κ3) is 5.15. The summed E-state index contributed by atoms with van der Waals surface area (Å²) in [4.78, 5) is 34.2. The van der Waals surface area contributed by atoms with E-state index in [0.29, 0.717) is 51.6 Å². The van der Waals surface area contributed by atoms with Gasteiger partial charge >= 0.3 is 0 Å². The first-order valence-electron chi connectivity index (χ1n) is 10.2. The van der Waals surface area contributed by atoms with Crippen LogP contribution in [0, 0.1) is 0 Å². The SMILES string of the molecule is CCN1CCN(C(=O)c2ccc(Cn3ccsc3=NC(=O)c3ccc(Cl)c(Cl)c3)o2)CC1. The van der Waals surface area contributed by atoms with Crippen LogP contribution in [0.15, 0.2) is 51.3 Å². The molecule has 0 spiro atoms. The molecule has 0 bridgehead atoms. The zero-order chi connectivity index (χ0) is 22.7. The minimum Gasteiger partial charge on any atom is -0.454 e. The normalized spacial score (nSPS) is 15.3. The Kier molecular flexibility index (Phi) is 7.15. The van der Waals surface area contributed by atoms with E-state index in [2.05, 4.69) is 16.8 Å². The van der Waals surface area contributed by atoms with E-state index < -0.39 is 5.91 Å². The quantitative estimate of drug-likeness (QED) is 0.539. The molecule has 4 rings (SSSR count). The van der Waals surface area contributed by atoms with Gasteiger partial charge in [-0.25, -0.2) is 0 Å². The van der Waals surface area contributed by atoms with Crippen molar-refractivity contribution in [2.75, 3.05) is 32.7 Å². The molecule has 2 aromatic heterocycles. The standard InChI is InChI=1S/C22H22Cl2N4O3S/c1-2-26-7-9-27(10-8-26)21(30)19-6-4-16(31-19)14-28-11-12-32-22(28)25-20(29)15-3-5-17(23)18(24)13-15/h3-6,11-13H,2,7-10,14H2,1H3. The minimum atomic E-state index is -0.415. The van der Waals surface area contributed by atoms with Crippen molar-refractivity contribution in [1.82, 2.24) is 14.4 Å². The Balaban J connectivity index is 1.46. The number of amides is 2. The minimum absolute atomic E-state index is 0.0953. The molecule has 1 saturated heterocycles. The van der Waals surface area contributed by atoms with Crippen molar-refractivity contribution >= 4 is 46.4 Å².